The number of aromatic nitrogens is 2. The molecular formula is C20H30N4O2S. The highest BCUT2D eigenvalue weighted by Gasteiger charge is 2.15. The van der Waals surface area contributed by atoms with Gasteiger partial charge in [0, 0.05) is 24.5 Å². The molecule has 0 aliphatic rings. The van der Waals surface area contributed by atoms with Crippen LogP contribution >= 0.6 is 11.8 Å². The van der Waals surface area contributed by atoms with E-state index in [4.69, 9.17) is 15.5 Å². The molecule has 6 nitrogen and oxygen atoms in total. The van der Waals surface area contributed by atoms with Crippen molar-refractivity contribution in [1.82, 2.24) is 14.9 Å². The number of nitrogen functional groups attached to an aromatic ring is 1. The van der Waals surface area contributed by atoms with E-state index in [9.17, 15) is 4.79 Å². The number of nitrogens with zero attached hydrogens (tertiary/aromatic N) is 2. The third-order valence-electron chi connectivity index (χ3n) is 3.64. The molecule has 7 heteroatoms. The number of anilines is 1. The molecule has 0 aliphatic carbocycles. The highest BCUT2D eigenvalue weighted by atomic mass is 32.2. The first kappa shape index (κ1) is 21.2. The Bertz CT molecular complexity index is 817. The number of imidazole rings is 1. The van der Waals surface area contributed by atoms with Crippen LogP contribution in [-0.2, 0) is 11.3 Å². The van der Waals surface area contributed by atoms with E-state index >= 15 is 0 Å². The number of fused-ring (bicyclic) bond motifs is 1. The van der Waals surface area contributed by atoms with Gasteiger partial charge in [0.2, 0.25) is 0 Å². The number of nitrogens with two attached hydrogens (primary N) is 1. The van der Waals surface area contributed by atoms with E-state index in [1.165, 1.54) is 5.57 Å². The Morgan fingerprint density at radius 1 is 1.37 bits per heavy atom. The van der Waals surface area contributed by atoms with E-state index in [0.717, 1.165) is 40.6 Å². The van der Waals surface area contributed by atoms with E-state index in [2.05, 4.69) is 29.8 Å². The van der Waals surface area contributed by atoms with Crippen LogP contribution in [0.15, 0.2) is 35.0 Å². The maximum absolute atomic E-state index is 11.7. The van der Waals surface area contributed by atoms with Gasteiger partial charge in [-0.1, -0.05) is 23.4 Å². The lowest BCUT2D eigenvalue weighted by atomic mass is 10.2. The fourth-order valence-electron chi connectivity index (χ4n) is 2.42. The van der Waals surface area contributed by atoms with Gasteiger partial charge in [-0.25, -0.2) is 9.78 Å². The quantitative estimate of drug-likeness (QED) is 0.313. The minimum atomic E-state index is -0.476. The van der Waals surface area contributed by atoms with E-state index in [1.807, 2.05) is 39.0 Å². The molecule has 0 saturated carbocycles. The van der Waals surface area contributed by atoms with E-state index in [1.54, 1.807) is 11.8 Å². The Morgan fingerprint density at radius 3 is 2.78 bits per heavy atom. The monoisotopic (exact) mass is 390 g/mol. The largest absolute Gasteiger partial charge is 0.444 e. The molecule has 0 spiro atoms. The van der Waals surface area contributed by atoms with Crippen molar-refractivity contribution < 1.29 is 9.53 Å². The zero-order chi connectivity index (χ0) is 20.0. The number of allylic oxidation sites excluding steroid dienone is 2. The predicted octanol–water partition coefficient (Wildman–Crippen LogP) is 4.59. The molecule has 1 heterocycles. The number of carbonyl (C=O) groups excluding carboxylic acids is 1. The smallest absolute Gasteiger partial charge is 0.407 e. The van der Waals surface area contributed by atoms with Crippen LogP contribution in [0.2, 0.25) is 0 Å². The zero-order valence-electron chi connectivity index (χ0n) is 16.8. The van der Waals surface area contributed by atoms with E-state index < -0.39 is 5.60 Å². The topological polar surface area (TPSA) is 82.2 Å². The fourth-order valence-corrected chi connectivity index (χ4v) is 3.38. The van der Waals surface area contributed by atoms with Gasteiger partial charge in [0.25, 0.3) is 0 Å². The maximum atomic E-state index is 11.7. The van der Waals surface area contributed by atoms with Gasteiger partial charge < -0.3 is 20.4 Å². The maximum Gasteiger partial charge on any atom is 0.407 e. The summed E-state index contributed by atoms with van der Waals surface area (Å²) < 4.78 is 7.42. The summed E-state index contributed by atoms with van der Waals surface area (Å²) in [5.41, 5.74) is 9.46. The number of carbonyl (C=O) groups is 1. The minimum Gasteiger partial charge on any atom is -0.444 e. The van der Waals surface area contributed by atoms with Gasteiger partial charge in [-0.3, -0.25) is 0 Å². The summed E-state index contributed by atoms with van der Waals surface area (Å²) >= 11 is 1.68. The molecule has 0 atom stereocenters. The lowest BCUT2D eigenvalue weighted by molar-refractivity contribution is 0.0528. The molecule has 0 saturated heterocycles. The Morgan fingerprint density at radius 2 is 2.11 bits per heavy atom. The SMILES string of the molecule is CC(C)=CCn1c(SCCCNC(=O)OC(C)(C)C)nc2ccc(N)cc21. The van der Waals surface area contributed by atoms with Gasteiger partial charge >= 0.3 is 6.09 Å². The summed E-state index contributed by atoms with van der Waals surface area (Å²) in [7, 11) is 0. The summed E-state index contributed by atoms with van der Waals surface area (Å²) in [6, 6.07) is 5.80. The van der Waals surface area contributed by atoms with Gasteiger partial charge in [-0.05, 0) is 59.2 Å². The van der Waals surface area contributed by atoms with Crippen molar-refractivity contribution in [3.8, 4) is 0 Å². The molecule has 0 aliphatic heterocycles. The highest BCUT2D eigenvalue weighted by Crippen LogP contribution is 2.26. The number of rotatable bonds is 7. The van der Waals surface area contributed by atoms with Gasteiger partial charge in [-0.15, -0.1) is 0 Å². The molecule has 2 aromatic rings. The number of amides is 1. The molecule has 0 radical (unpaired) electrons. The fraction of sp³-hybridized carbons (Fsp3) is 0.500. The number of hydrogen-bond acceptors (Lipinski definition) is 5. The number of thioether (sulfide) groups is 1. The molecule has 1 aromatic heterocycles. The van der Waals surface area contributed by atoms with Crippen LogP contribution in [0.5, 0.6) is 0 Å². The summed E-state index contributed by atoms with van der Waals surface area (Å²) in [4.78, 5) is 16.4. The minimum absolute atomic E-state index is 0.376. The van der Waals surface area contributed by atoms with Crippen LogP contribution < -0.4 is 11.1 Å². The van der Waals surface area contributed by atoms with Gasteiger partial charge in [-0.2, -0.15) is 0 Å². The number of benzene rings is 1. The summed E-state index contributed by atoms with van der Waals surface area (Å²) in [6.07, 6.45) is 2.63. The van der Waals surface area contributed by atoms with Crippen LogP contribution in [0, 0.1) is 0 Å². The summed E-state index contributed by atoms with van der Waals surface area (Å²) in [5, 5.41) is 3.75. The van der Waals surface area contributed by atoms with Crippen LogP contribution in [-0.4, -0.2) is 33.5 Å². The Kier molecular flexibility index (Phi) is 7.18. The second-order valence-electron chi connectivity index (χ2n) is 7.67. The van der Waals surface area contributed by atoms with Crippen molar-refractivity contribution in [2.24, 2.45) is 0 Å². The van der Waals surface area contributed by atoms with Crippen LogP contribution in [0.3, 0.4) is 0 Å². The first-order valence-electron chi connectivity index (χ1n) is 9.14. The Labute approximate surface area is 165 Å². The average Bonchev–Trinajstić information content (AvgIpc) is 2.87. The molecule has 0 bridgehead atoms. The molecule has 0 fully saturated rings. The number of alkyl carbamates (subject to hydrolysis) is 1. The molecule has 1 aromatic carbocycles. The van der Waals surface area contributed by atoms with Gasteiger partial charge in [0.1, 0.15) is 5.60 Å². The molecule has 3 N–H and O–H groups in total. The van der Waals surface area contributed by atoms with Crippen molar-refractivity contribution in [1.29, 1.82) is 0 Å². The van der Waals surface area contributed by atoms with Crippen molar-refractivity contribution in [3.63, 3.8) is 0 Å². The van der Waals surface area contributed by atoms with Crippen molar-refractivity contribution >= 4 is 34.6 Å². The second-order valence-corrected chi connectivity index (χ2v) is 8.73. The van der Waals surface area contributed by atoms with Crippen molar-refractivity contribution in [2.75, 3.05) is 18.0 Å². The first-order chi connectivity index (χ1) is 12.7. The lowest BCUT2D eigenvalue weighted by Crippen LogP contribution is -2.33. The summed E-state index contributed by atoms with van der Waals surface area (Å²) in [6.45, 7) is 11.1. The first-order valence-corrected chi connectivity index (χ1v) is 10.1. The number of nitrogens with one attached hydrogen (secondary N) is 1. The Hall–Kier alpha value is -2.15. The third-order valence-corrected chi connectivity index (χ3v) is 4.70. The highest BCUT2D eigenvalue weighted by molar-refractivity contribution is 7.99. The molecule has 1 amide bonds. The molecule has 148 valence electrons. The predicted molar refractivity (Wildman–Crippen MR) is 113 cm³/mol. The van der Waals surface area contributed by atoms with E-state index in [-0.39, 0.29) is 6.09 Å². The molecule has 2 rings (SSSR count). The van der Waals surface area contributed by atoms with Gasteiger partial charge in [0.15, 0.2) is 5.16 Å². The summed E-state index contributed by atoms with van der Waals surface area (Å²) in [5.74, 6) is 0.851. The van der Waals surface area contributed by atoms with Crippen LogP contribution in [0.1, 0.15) is 41.0 Å². The number of hydrogen-bond donors (Lipinski definition) is 2. The zero-order valence-corrected chi connectivity index (χ0v) is 17.7. The van der Waals surface area contributed by atoms with Gasteiger partial charge in [0.05, 0.1) is 11.0 Å². The normalized spacial score (nSPS) is 11.4. The third kappa shape index (κ3) is 6.82. The van der Waals surface area contributed by atoms with Crippen molar-refractivity contribution in [3.05, 3.63) is 29.8 Å². The second kappa shape index (κ2) is 9.17. The Balaban J connectivity index is 1.96. The molecule has 0 unspecified atom stereocenters. The molecular weight excluding hydrogens is 360 g/mol. The molecule has 27 heavy (non-hydrogen) atoms. The number of ether oxygens (including phenoxy) is 1. The lowest BCUT2D eigenvalue weighted by Gasteiger charge is -2.19. The average molecular weight is 391 g/mol. The van der Waals surface area contributed by atoms with Crippen molar-refractivity contribution in [2.45, 2.75) is 58.3 Å². The van der Waals surface area contributed by atoms with Crippen LogP contribution in [0.25, 0.3) is 11.0 Å². The standard InChI is InChI=1S/C20H30N4O2S/c1-14(2)9-11-24-17-13-15(21)7-8-16(17)23-18(24)27-12-6-10-22-19(25)26-20(3,4)5/h7-9,13H,6,10-12,21H2,1-5H3,(H,22,25). The van der Waals surface area contributed by atoms with Crippen LogP contribution in [0.4, 0.5) is 10.5 Å². The van der Waals surface area contributed by atoms with E-state index in [0.29, 0.717) is 6.54 Å².